The molecule has 0 radical (unpaired) electrons. The van der Waals surface area contributed by atoms with E-state index < -0.39 is 0 Å². The molecule has 2 aromatic carbocycles. The average Bonchev–Trinajstić information content (AvgIpc) is 2.76. The summed E-state index contributed by atoms with van der Waals surface area (Å²) in [6, 6.07) is 12.7. The molecular weight excluding hydrogens is 307 g/mol. The van der Waals surface area contributed by atoms with Gasteiger partial charge in [0.05, 0.1) is 7.11 Å². The summed E-state index contributed by atoms with van der Waals surface area (Å²) in [7, 11) is 1.67. The Labute approximate surface area is 119 Å². The van der Waals surface area contributed by atoms with Crippen molar-refractivity contribution >= 4 is 26.0 Å². The fraction of sp³-hybridized carbons (Fsp3) is 0.125. The molecule has 0 unspecified atom stereocenters. The van der Waals surface area contributed by atoms with Gasteiger partial charge in [0.2, 0.25) is 0 Å². The monoisotopic (exact) mass is 318 g/mol. The van der Waals surface area contributed by atoms with E-state index in [0.717, 1.165) is 22.2 Å². The van der Waals surface area contributed by atoms with Crippen LogP contribution in [0, 0.1) is 5.82 Å². The molecule has 0 aromatic heterocycles. The molecule has 0 spiro atoms. The zero-order chi connectivity index (χ0) is 13.4. The van der Waals surface area contributed by atoms with Crippen molar-refractivity contribution in [2.75, 3.05) is 7.11 Å². The van der Waals surface area contributed by atoms with Crippen LogP contribution in [0.5, 0.6) is 5.75 Å². The Hall–Kier alpha value is -1.61. The Morgan fingerprint density at radius 2 is 1.84 bits per heavy atom. The highest BCUT2D eigenvalue weighted by molar-refractivity contribution is 9.15. The first-order valence-electron chi connectivity index (χ1n) is 6.01. The summed E-state index contributed by atoms with van der Waals surface area (Å²) < 4.78 is 19.3. The van der Waals surface area contributed by atoms with Gasteiger partial charge in [-0.3, -0.25) is 0 Å². The van der Waals surface area contributed by atoms with Crippen molar-refractivity contribution in [1.29, 1.82) is 0 Å². The molecule has 3 heteroatoms. The number of hydrogen-bond acceptors (Lipinski definition) is 1. The molecule has 96 valence electrons. The fourth-order valence-electron chi connectivity index (χ4n) is 2.37. The van der Waals surface area contributed by atoms with Gasteiger partial charge in [0.15, 0.2) is 0 Å². The molecule has 0 amide bonds. The van der Waals surface area contributed by atoms with Gasteiger partial charge in [-0.15, -0.1) is 0 Å². The van der Waals surface area contributed by atoms with Gasteiger partial charge in [-0.2, -0.15) is 0 Å². The topological polar surface area (TPSA) is 9.23 Å². The van der Waals surface area contributed by atoms with Gasteiger partial charge in [-0.25, -0.2) is 4.39 Å². The van der Waals surface area contributed by atoms with Gasteiger partial charge in [-0.1, -0.05) is 12.1 Å². The lowest BCUT2D eigenvalue weighted by molar-refractivity contribution is 0.414. The Morgan fingerprint density at radius 1 is 1.11 bits per heavy atom. The smallest absolute Gasteiger partial charge is 0.123 e. The van der Waals surface area contributed by atoms with E-state index in [1.807, 2.05) is 24.3 Å². The summed E-state index contributed by atoms with van der Waals surface area (Å²) in [5, 5.41) is 0. The fourth-order valence-corrected chi connectivity index (χ4v) is 3.12. The molecular formula is C16H12BrFO. The van der Waals surface area contributed by atoms with Crippen molar-refractivity contribution in [2.24, 2.45) is 0 Å². The normalized spacial score (nSPS) is 13.6. The third kappa shape index (κ3) is 2.19. The lowest BCUT2D eigenvalue weighted by Crippen LogP contribution is -1.88. The minimum Gasteiger partial charge on any atom is -0.497 e. The number of rotatable bonds is 2. The predicted octanol–water partition coefficient (Wildman–Crippen LogP) is 4.65. The first-order valence-corrected chi connectivity index (χ1v) is 6.80. The van der Waals surface area contributed by atoms with Crippen molar-refractivity contribution in [3.05, 3.63) is 65.0 Å². The van der Waals surface area contributed by atoms with Crippen molar-refractivity contribution in [3.63, 3.8) is 0 Å². The summed E-state index contributed by atoms with van der Waals surface area (Å²) in [4.78, 5) is 0. The van der Waals surface area contributed by atoms with Crippen LogP contribution in [0.15, 0.2) is 42.5 Å². The SMILES string of the molecule is COc1ccc2c(c1)CC(c1ccc(F)cc1)=C2Br. The van der Waals surface area contributed by atoms with Crippen molar-refractivity contribution in [3.8, 4) is 5.75 Å². The molecule has 3 rings (SSSR count). The highest BCUT2D eigenvalue weighted by Crippen LogP contribution is 2.42. The van der Waals surface area contributed by atoms with Gasteiger partial charge >= 0.3 is 0 Å². The molecule has 0 saturated heterocycles. The standard InChI is InChI=1S/C16H12BrFO/c1-19-13-6-7-14-11(8-13)9-15(16(14)17)10-2-4-12(18)5-3-10/h2-8H,9H2,1H3. The molecule has 0 atom stereocenters. The van der Waals surface area contributed by atoms with Crippen molar-refractivity contribution in [2.45, 2.75) is 6.42 Å². The number of halogens is 2. The van der Waals surface area contributed by atoms with Crippen LogP contribution in [0.2, 0.25) is 0 Å². The van der Waals surface area contributed by atoms with Crippen LogP contribution in [0.25, 0.3) is 10.1 Å². The Balaban J connectivity index is 2.02. The summed E-state index contributed by atoms with van der Waals surface area (Å²) in [5.41, 5.74) is 4.64. The third-order valence-electron chi connectivity index (χ3n) is 3.37. The first-order chi connectivity index (χ1) is 9.19. The molecule has 0 bridgehead atoms. The Kier molecular flexibility index (Phi) is 3.15. The van der Waals surface area contributed by atoms with Crippen molar-refractivity contribution < 1.29 is 9.13 Å². The molecule has 1 aliphatic carbocycles. The van der Waals surface area contributed by atoms with E-state index in [0.29, 0.717) is 0 Å². The lowest BCUT2D eigenvalue weighted by atomic mass is 10.0. The highest BCUT2D eigenvalue weighted by atomic mass is 79.9. The van der Waals surface area contributed by atoms with Crippen LogP contribution in [0.3, 0.4) is 0 Å². The molecule has 0 saturated carbocycles. The zero-order valence-electron chi connectivity index (χ0n) is 10.4. The van der Waals surface area contributed by atoms with E-state index in [4.69, 9.17) is 4.74 Å². The van der Waals surface area contributed by atoms with Crippen LogP contribution < -0.4 is 4.74 Å². The van der Waals surface area contributed by atoms with E-state index >= 15 is 0 Å². The number of benzene rings is 2. The molecule has 19 heavy (non-hydrogen) atoms. The molecule has 2 aromatic rings. The van der Waals surface area contributed by atoms with Crippen LogP contribution >= 0.6 is 15.9 Å². The minimum absolute atomic E-state index is 0.211. The van der Waals surface area contributed by atoms with Gasteiger partial charge in [-0.05, 0) is 74.9 Å². The highest BCUT2D eigenvalue weighted by Gasteiger charge is 2.21. The van der Waals surface area contributed by atoms with E-state index in [9.17, 15) is 4.39 Å². The maximum absolute atomic E-state index is 13.0. The van der Waals surface area contributed by atoms with Gasteiger partial charge in [0.1, 0.15) is 11.6 Å². The molecule has 0 fully saturated rings. The average molecular weight is 319 g/mol. The second kappa shape index (κ2) is 4.82. The van der Waals surface area contributed by atoms with Crippen LogP contribution in [-0.4, -0.2) is 7.11 Å². The van der Waals surface area contributed by atoms with E-state index in [1.54, 1.807) is 7.11 Å². The predicted molar refractivity (Wildman–Crippen MR) is 78.8 cm³/mol. The number of methoxy groups -OCH3 is 1. The summed E-state index contributed by atoms with van der Waals surface area (Å²) in [5.74, 6) is 0.650. The lowest BCUT2D eigenvalue weighted by Gasteiger charge is -2.03. The van der Waals surface area contributed by atoms with Gasteiger partial charge in [0.25, 0.3) is 0 Å². The van der Waals surface area contributed by atoms with E-state index in [2.05, 4.69) is 22.0 Å². The van der Waals surface area contributed by atoms with Crippen LogP contribution in [0.1, 0.15) is 16.7 Å². The quantitative estimate of drug-likeness (QED) is 0.783. The first kappa shape index (κ1) is 12.4. The van der Waals surface area contributed by atoms with Gasteiger partial charge in [0, 0.05) is 4.48 Å². The third-order valence-corrected chi connectivity index (χ3v) is 4.28. The second-order valence-electron chi connectivity index (χ2n) is 4.50. The minimum atomic E-state index is -0.211. The van der Waals surface area contributed by atoms with Crippen LogP contribution in [-0.2, 0) is 6.42 Å². The maximum atomic E-state index is 13.0. The largest absolute Gasteiger partial charge is 0.497 e. The molecule has 1 nitrogen and oxygen atoms in total. The summed E-state index contributed by atoms with van der Waals surface area (Å²) >= 11 is 3.65. The van der Waals surface area contributed by atoms with E-state index in [-0.39, 0.29) is 5.82 Å². The number of fused-ring (bicyclic) bond motifs is 1. The molecule has 0 aliphatic heterocycles. The second-order valence-corrected chi connectivity index (χ2v) is 5.29. The maximum Gasteiger partial charge on any atom is 0.123 e. The Bertz CT molecular complexity index is 659. The van der Waals surface area contributed by atoms with Crippen molar-refractivity contribution in [1.82, 2.24) is 0 Å². The Morgan fingerprint density at radius 3 is 2.53 bits per heavy atom. The number of hydrogen-bond donors (Lipinski definition) is 0. The molecule has 1 aliphatic rings. The zero-order valence-corrected chi connectivity index (χ0v) is 12.0. The molecule has 0 N–H and O–H groups in total. The molecule has 0 heterocycles. The number of ether oxygens (including phenoxy) is 1. The van der Waals surface area contributed by atoms with E-state index in [1.165, 1.54) is 28.8 Å². The van der Waals surface area contributed by atoms with Crippen LogP contribution in [0.4, 0.5) is 4.39 Å². The van der Waals surface area contributed by atoms with Gasteiger partial charge < -0.3 is 4.74 Å². The number of allylic oxidation sites excluding steroid dienone is 1. The summed E-state index contributed by atoms with van der Waals surface area (Å²) in [6.45, 7) is 0. The summed E-state index contributed by atoms with van der Waals surface area (Å²) in [6.07, 6.45) is 0.832.